The summed E-state index contributed by atoms with van der Waals surface area (Å²) in [6.07, 6.45) is 5.82. The molecule has 0 bridgehead atoms. The van der Waals surface area contributed by atoms with Gasteiger partial charge in [-0.15, -0.1) is 0 Å². The highest BCUT2D eigenvalue weighted by Gasteiger charge is 2.38. The molecule has 7 nitrogen and oxygen atoms in total. The van der Waals surface area contributed by atoms with Gasteiger partial charge in [0.25, 0.3) is 0 Å². The first-order valence-electron chi connectivity index (χ1n) is 11.0. The maximum atomic E-state index is 13.1. The van der Waals surface area contributed by atoms with Crippen molar-refractivity contribution >= 4 is 23.1 Å². The van der Waals surface area contributed by atoms with Crippen molar-refractivity contribution in [3.05, 3.63) is 59.7 Å². The Hall–Kier alpha value is -3.06. The highest BCUT2D eigenvalue weighted by Crippen LogP contribution is 2.44. The van der Waals surface area contributed by atoms with Crippen molar-refractivity contribution in [3.8, 4) is 0 Å². The number of carbonyl (C=O) groups is 2. The lowest BCUT2D eigenvalue weighted by Crippen LogP contribution is -2.43. The summed E-state index contributed by atoms with van der Waals surface area (Å²) in [5, 5.41) is 6.50. The quantitative estimate of drug-likeness (QED) is 0.768. The molecule has 2 aromatic rings. The van der Waals surface area contributed by atoms with E-state index in [1.807, 2.05) is 41.3 Å². The lowest BCUT2D eigenvalue weighted by atomic mass is 9.88. The van der Waals surface area contributed by atoms with Crippen LogP contribution in [-0.4, -0.2) is 37.5 Å². The van der Waals surface area contributed by atoms with Crippen molar-refractivity contribution in [1.29, 1.82) is 0 Å². The number of ether oxygens (including phenoxy) is 1. The predicted molar refractivity (Wildman–Crippen MR) is 117 cm³/mol. The van der Waals surface area contributed by atoms with E-state index < -0.39 is 6.04 Å². The van der Waals surface area contributed by atoms with Crippen molar-refractivity contribution in [2.45, 2.75) is 44.2 Å². The smallest absolute Gasteiger partial charge is 0.239 e. The third kappa shape index (κ3) is 3.97. The molecule has 1 saturated heterocycles. The van der Waals surface area contributed by atoms with E-state index in [2.05, 4.69) is 10.6 Å². The van der Waals surface area contributed by atoms with Crippen LogP contribution in [0.5, 0.6) is 0 Å². The summed E-state index contributed by atoms with van der Waals surface area (Å²) in [6, 6.07) is 11.1. The SMILES string of the molecule is O=C(CN1c2ccccc2NC2=C(C(=O)CCC2)[C@@H]1c1ccco1)NC[C@@H]1CCCO1. The van der Waals surface area contributed by atoms with Crippen LogP contribution in [0.3, 0.4) is 0 Å². The van der Waals surface area contributed by atoms with Crippen molar-refractivity contribution in [2.24, 2.45) is 0 Å². The molecule has 5 rings (SSSR count). The number of hydrogen-bond acceptors (Lipinski definition) is 6. The largest absolute Gasteiger partial charge is 0.467 e. The molecule has 3 heterocycles. The molecule has 0 spiro atoms. The van der Waals surface area contributed by atoms with Gasteiger partial charge in [0, 0.05) is 30.8 Å². The van der Waals surface area contributed by atoms with Gasteiger partial charge in [-0.05, 0) is 49.9 Å². The first-order valence-corrected chi connectivity index (χ1v) is 11.0. The van der Waals surface area contributed by atoms with Gasteiger partial charge < -0.3 is 24.7 Å². The fourth-order valence-corrected chi connectivity index (χ4v) is 4.76. The summed E-state index contributed by atoms with van der Waals surface area (Å²) in [5.74, 6) is 0.662. The van der Waals surface area contributed by atoms with Gasteiger partial charge in [0.05, 0.1) is 30.3 Å². The molecule has 1 amide bonds. The molecule has 0 saturated carbocycles. The fraction of sp³-hybridized carbons (Fsp3) is 0.417. The number of nitrogens with one attached hydrogen (secondary N) is 2. The molecule has 3 aliphatic rings. The van der Waals surface area contributed by atoms with Crippen LogP contribution in [0.15, 0.2) is 58.3 Å². The molecule has 0 unspecified atom stereocenters. The third-order valence-corrected chi connectivity index (χ3v) is 6.22. The molecule has 0 radical (unpaired) electrons. The maximum Gasteiger partial charge on any atom is 0.239 e. The number of anilines is 2. The minimum atomic E-state index is -0.456. The zero-order valence-corrected chi connectivity index (χ0v) is 17.4. The average Bonchev–Trinajstić information content (AvgIpc) is 3.46. The van der Waals surface area contributed by atoms with Crippen LogP contribution in [0.2, 0.25) is 0 Å². The van der Waals surface area contributed by atoms with Crippen LogP contribution < -0.4 is 15.5 Å². The number of hydrogen-bond donors (Lipinski definition) is 2. The zero-order chi connectivity index (χ0) is 21.2. The average molecular weight is 421 g/mol. The molecular formula is C24H27N3O4. The number of fused-ring (bicyclic) bond motifs is 1. The van der Waals surface area contributed by atoms with Gasteiger partial charge in [-0.3, -0.25) is 9.59 Å². The van der Waals surface area contributed by atoms with Crippen LogP contribution in [0.4, 0.5) is 11.4 Å². The fourth-order valence-electron chi connectivity index (χ4n) is 4.76. The number of nitrogens with zero attached hydrogens (tertiary/aromatic N) is 1. The Morgan fingerprint density at radius 3 is 2.87 bits per heavy atom. The number of benzene rings is 1. The Morgan fingerprint density at radius 1 is 1.16 bits per heavy atom. The van der Waals surface area contributed by atoms with Gasteiger partial charge in [-0.25, -0.2) is 0 Å². The first-order chi connectivity index (χ1) is 15.2. The Balaban J connectivity index is 1.51. The second kappa shape index (κ2) is 8.59. The molecule has 1 aromatic heterocycles. The van der Waals surface area contributed by atoms with Crippen LogP contribution >= 0.6 is 0 Å². The molecule has 31 heavy (non-hydrogen) atoms. The number of furan rings is 1. The molecule has 1 fully saturated rings. The highest BCUT2D eigenvalue weighted by atomic mass is 16.5. The van der Waals surface area contributed by atoms with E-state index in [4.69, 9.17) is 9.15 Å². The van der Waals surface area contributed by atoms with Crippen molar-refractivity contribution in [1.82, 2.24) is 5.32 Å². The minimum absolute atomic E-state index is 0.0807. The number of amides is 1. The van der Waals surface area contributed by atoms with Crippen molar-refractivity contribution < 1.29 is 18.7 Å². The summed E-state index contributed by atoms with van der Waals surface area (Å²) < 4.78 is 11.4. The molecule has 1 aliphatic carbocycles. The van der Waals surface area contributed by atoms with Crippen LogP contribution in [0, 0.1) is 0 Å². The summed E-state index contributed by atoms with van der Waals surface area (Å²) in [5.41, 5.74) is 3.39. The molecule has 162 valence electrons. The molecule has 2 N–H and O–H groups in total. The van der Waals surface area contributed by atoms with Crippen LogP contribution in [0.1, 0.15) is 43.9 Å². The van der Waals surface area contributed by atoms with Crippen molar-refractivity contribution in [3.63, 3.8) is 0 Å². The summed E-state index contributed by atoms with van der Waals surface area (Å²) in [7, 11) is 0. The molecule has 1 aromatic carbocycles. The summed E-state index contributed by atoms with van der Waals surface area (Å²) in [4.78, 5) is 28.1. The minimum Gasteiger partial charge on any atom is -0.467 e. The van der Waals surface area contributed by atoms with E-state index >= 15 is 0 Å². The normalized spacial score (nSPS) is 23.1. The zero-order valence-electron chi connectivity index (χ0n) is 17.4. The number of Topliss-reactive ketones (excluding diaryl/α,β-unsaturated/α-hetero) is 1. The van der Waals surface area contributed by atoms with Gasteiger partial charge in [0.1, 0.15) is 11.8 Å². The predicted octanol–water partition coefficient (Wildman–Crippen LogP) is 3.56. The molecule has 2 atom stereocenters. The summed E-state index contributed by atoms with van der Waals surface area (Å²) in [6.45, 7) is 1.37. The number of para-hydroxylation sites is 2. The number of carbonyl (C=O) groups excluding carboxylic acids is 2. The van der Waals surface area contributed by atoms with Crippen molar-refractivity contribution in [2.75, 3.05) is 29.9 Å². The van der Waals surface area contributed by atoms with Gasteiger partial charge in [-0.1, -0.05) is 12.1 Å². The highest BCUT2D eigenvalue weighted by molar-refractivity contribution is 6.01. The number of allylic oxidation sites excluding steroid dienone is 1. The van der Waals surface area contributed by atoms with Gasteiger partial charge in [-0.2, -0.15) is 0 Å². The standard InChI is InChI=1S/C24H27N3O4/c28-20-10-3-8-18-23(20)24(21-11-5-13-31-21)27(19-9-2-1-7-17(19)26-18)15-22(29)25-14-16-6-4-12-30-16/h1-2,5,7,9,11,13,16,24,26H,3-4,6,8,10,12,14-15H2,(H,25,29)/t16-,24-/m0/s1. The Bertz CT molecular complexity index is 992. The van der Waals surface area contributed by atoms with E-state index in [1.54, 1.807) is 6.26 Å². The van der Waals surface area contributed by atoms with E-state index in [-0.39, 0.29) is 24.3 Å². The lowest BCUT2D eigenvalue weighted by molar-refractivity contribution is -0.120. The molecule has 2 aliphatic heterocycles. The second-order valence-corrected chi connectivity index (χ2v) is 8.30. The second-order valence-electron chi connectivity index (χ2n) is 8.30. The van der Waals surface area contributed by atoms with Gasteiger partial charge in [0.2, 0.25) is 5.91 Å². The molecular weight excluding hydrogens is 394 g/mol. The Labute approximate surface area is 181 Å². The summed E-state index contributed by atoms with van der Waals surface area (Å²) >= 11 is 0. The van der Waals surface area contributed by atoms with E-state index in [0.717, 1.165) is 49.4 Å². The first kappa shape index (κ1) is 19.9. The van der Waals surface area contributed by atoms with Crippen LogP contribution in [-0.2, 0) is 14.3 Å². The Kier molecular flexibility index (Phi) is 5.51. The van der Waals surface area contributed by atoms with E-state index in [1.165, 1.54) is 0 Å². The van der Waals surface area contributed by atoms with E-state index in [9.17, 15) is 9.59 Å². The van der Waals surface area contributed by atoms with E-state index in [0.29, 0.717) is 24.3 Å². The topological polar surface area (TPSA) is 83.8 Å². The lowest BCUT2D eigenvalue weighted by Gasteiger charge is -2.33. The third-order valence-electron chi connectivity index (χ3n) is 6.22. The Morgan fingerprint density at radius 2 is 2.06 bits per heavy atom. The monoisotopic (exact) mass is 421 g/mol. The number of rotatable bonds is 5. The molecule has 7 heteroatoms. The van der Waals surface area contributed by atoms with Gasteiger partial charge in [0.15, 0.2) is 5.78 Å². The van der Waals surface area contributed by atoms with Gasteiger partial charge >= 0.3 is 0 Å². The van der Waals surface area contributed by atoms with Crippen LogP contribution in [0.25, 0.3) is 0 Å². The maximum absolute atomic E-state index is 13.1. The number of ketones is 1.